The van der Waals surface area contributed by atoms with Crippen molar-refractivity contribution in [3.8, 4) is 0 Å². The van der Waals surface area contributed by atoms with E-state index >= 15 is 0 Å². The fourth-order valence-corrected chi connectivity index (χ4v) is 2.81. The van der Waals surface area contributed by atoms with Gasteiger partial charge in [0.2, 0.25) is 5.91 Å². The lowest BCUT2D eigenvalue weighted by molar-refractivity contribution is -0.142. The molecule has 1 aromatic carbocycles. The Kier molecular flexibility index (Phi) is 4.07. The molecule has 124 valence electrons. The number of hydrogen-bond acceptors (Lipinski definition) is 7. The van der Waals surface area contributed by atoms with Gasteiger partial charge in [0.25, 0.3) is 5.91 Å². The fourth-order valence-electron chi connectivity index (χ4n) is 2.81. The molecule has 0 N–H and O–H groups in total. The Morgan fingerprint density at radius 2 is 1.96 bits per heavy atom. The second-order valence-electron chi connectivity index (χ2n) is 5.28. The molecule has 1 saturated heterocycles. The van der Waals surface area contributed by atoms with Crippen molar-refractivity contribution in [2.24, 2.45) is 16.3 Å². The molecule has 1 aromatic rings. The molecule has 0 saturated carbocycles. The first-order valence-corrected chi connectivity index (χ1v) is 7.35. The average molecular weight is 330 g/mol. The number of ether oxygens (including phenoxy) is 1. The summed E-state index contributed by atoms with van der Waals surface area (Å²) in [4.78, 5) is 49.1. The molecule has 0 aliphatic carbocycles. The summed E-state index contributed by atoms with van der Waals surface area (Å²) in [6.45, 7) is 1.73. The van der Waals surface area contributed by atoms with Gasteiger partial charge in [0, 0.05) is 0 Å². The van der Waals surface area contributed by atoms with Gasteiger partial charge in [-0.3, -0.25) is 14.5 Å². The van der Waals surface area contributed by atoms with Crippen molar-refractivity contribution >= 4 is 23.5 Å². The number of hydrazone groups is 1. The van der Waals surface area contributed by atoms with Crippen LogP contribution in [-0.4, -0.2) is 46.2 Å². The lowest BCUT2D eigenvalue weighted by Crippen LogP contribution is -2.36. The zero-order valence-electron chi connectivity index (χ0n) is 12.8. The van der Waals surface area contributed by atoms with Gasteiger partial charge in [-0.25, -0.2) is 4.79 Å². The highest BCUT2D eigenvalue weighted by Crippen LogP contribution is 2.33. The molecule has 0 spiro atoms. The second-order valence-corrected chi connectivity index (χ2v) is 5.28. The Hall–Kier alpha value is -3.10. The van der Waals surface area contributed by atoms with E-state index in [4.69, 9.17) is 4.74 Å². The quantitative estimate of drug-likeness (QED) is 0.441. The van der Waals surface area contributed by atoms with E-state index < -0.39 is 29.7 Å². The highest BCUT2D eigenvalue weighted by molar-refractivity contribution is 6.43. The molecule has 2 heterocycles. The van der Waals surface area contributed by atoms with Crippen LogP contribution in [0.15, 0.2) is 40.7 Å². The van der Waals surface area contributed by atoms with E-state index in [0.717, 1.165) is 10.5 Å². The summed E-state index contributed by atoms with van der Waals surface area (Å²) in [5, 5.41) is 6.89. The van der Waals surface area contributed by atoms with Crippen molar-refractivity contribution < 1.29 is 19.1 Å². The first kappa shape index (κ1) is 15.8. The standard InChI is InChI=1S/C15H14N4O5/c1-2-24-15(22)11-10-12(19(16-11)17-23)14(21)18(13(10)20)8-9-6-4-3-5-7-9/h3-7,10,12H,2,8H2,1H3/t10-,12+/m1/s1. The normalized spacial score (nSPS) is 22.5. The van der Waals surface area contributed by atoms with Gasteiger partial charge < -0.3 is 4.74 Å². The van der Waals surface area contributed by atoms with Crippen molar-refractivity contribution in [3.05, 3.63) is 40.8 Å². The third kappa shape index (κ3) is 2.43. The molecule has 0 radical (unpaired) electrons. The molecule has 0 unspecified atom stereocenters. The fraction of sp³-hybridized carbons (Fsp3) is 0.333. The van der Waals surface area contributed by atoms with Crippen LogP contribution in [0.2, 0.25) is 0 Å². The van der Waals surface area contributed by atoms with E-state index in [9.17, 15) is 19.3 Å². The Morgan fingerprint density at radius 1 is 1.25 bits per heavy atom. The highest BCUT2D eigenvalue weighted by Gasteiger charge is 2.59. The van der Waals surface area contributed by atoms with Crippen molar-refractivity contribution in [1.82, 2.24) is 10.0 Å². The minimum Gasteiger partial charge on any atom is -0.461 e. The summed E-state index contributed by atoms with van der Waals surface area (Å²) < 4.78 is 4.84. The van der Waals surface area contributed by atoms with Gasteiger partial charge in [-0.2, -0.15) is 0 Å². The van der Waals surface area contributed by atoms with E-state index in [-0.39, 0.29) is 18.9 Å². The van der Waals surface area contributed by atoms with Crippen molar-refractivity contribution in [2.45, 2.75) is 19.5 Å². The maximum atomic E-state index is 12.6. The number of amides is 2. The van der Waals surface area contributed by atoms with Crippen LogP contribution in [0.1, 0.15) is 12.5 Å². The Labute approximate surface area is 136 Å². The van der Waals surface area contributed by atoms with Crippen molar-refractivity contribution in [2.75, 3.05) is 6.61 Å². The number of carbonyl (C=O) groups excluding carboxylic acids is 3. The third-order valence-electron chi connectivity index (χ3n) is 3.87. The summed E-state index contributed by atoms with van der Waals surface area (Å²) in [5.74, 6) is -3.21. The van der Waals surface area contributed by atoms with Crippen LogP contribution in [0, 0.1) is 10.8 Å². The van der Waals surface area contributed by atoms with Gasteiger partial charge in [0.1, 0.15) is 5.92 Å². The molecule has 3 rings (SSSR count). The summed E-state index contributed by atoms with van der Waals surface area (Å²) in [5.41, 5.74) is 0.481. The zero-order chi connectivity index (χ0) is 17.3. The van der Waals surface area contributed by atoms with Gasteiger partial charge in [-0.05, 0) is 12.5 Å². The predicted molar refractivity (Wildman–Crippen MR) is 81.0 cm³/mol. The molecule has 2 aliphatic rings. The number of benzene rings is 1. The predicted octanol–water partition coefficient (Wildman–Crippen LogP) is 0.456. The molecule has 2 amide bonds. The molecular formula is C15H14N4O5. The van der Waals surface area contributed by atoms with Crippen LogP contribution in [0.4, 0.5) is 0 Å². The first-order valence-electron chi connectivity index (χ1n) is 7.35. The number of nitrogens with zero attached hydrogens (tertiary/aromatic N) is 4. The first-order chi connectivity index (χ1) is 11.6. The molecule has 2 atom stereocenters. The van der Waals surface area contributed by atoms with Crippen molar-refractivity contribution in [1.29, 1.82) is 0 Å². The number of nitroso groups, excluding NO2 is 1. The largest absolute Gasteiger partial charge is 0.461 e. The summed E-state index contributed by atoms with van der Waals surface area (Å²) in [6, 6.07) is 7.70. The number of rotatable bonds is 5. The van der Waals surface area contributed by atoms with E-state index in [0.29, 0.717) is 5.12 Å². The summed E-state index contributed by atoms with van der Waals surface area (Å²) in [7, 11) is 0. The molecule has 24 heavy (non-hydrogen) atoms. The Bertz CT molecular complexity index is 733. The van der Waals surface area contributed by atoms with Crippen LogP contribution in [0.3, 0.4) is 0 Å². The van der Waals surface area contributed by atoms with Crippen LogP contribution >= 0.6 is 0 Å². The lowest BCUT2D eigenvalue weighted by Gasteiger charge is -2.16. The minimum atomic E-state index is -1.22. The van der Waals surface area contributed by atoms with E-state index in [1.54, 1.807) is 31.2 Å². The zero-order valence-corrected chi connectivity index (χ0v) is 12.8. The van der Waals surface area contributed by atoms with E-state index in [2.05, 4.69) is 10.4 Å². The maximum absolute atomic E-state index is 12.6. The number of likely N-dealkylation sites (tertiary alicyclic amines) is 1. The summed E-state index contributed by atoms with van der Waals surface area (Å²) in [6.07, 6.45) is 0. The van der Waals surface area contributed by atoms with Gasteiger partial charge >= 0.3 is 5.97 Å². The number of esters is 1. The molecular weight excluding hydrogens is 316 g/mol. The van der Waals surface area contributed by atoms with Gasteiger partial charge in [-0.15, -0.1) is 15.1 Å². The average Bonchev–Trinajstić information content (AvgIpc) is 3.09. The van der Waals surface area contributed by atoms with Gasteiger partial charge in [0.05, 0.1) is 18.4 Å². The Balaban J connectivity index is 1.90. The topological polar surface area (TPSA) is 109 Å². The molecule has 1 fully saturated rings. The van der Waals surface area contributed by atoms with E-state index in [1.807, 2.05) is 6.07 Å². The van der Waals surface area contributed by atoms with Crippen LogP contribution in [0.5, 0.6) is 0 Å². The number of fused-ring (bicyclic) bond motifs is 1. The van der Waals surface area contributed by atoms with Crippen molar-refractivity contribution in [3.63, 3.8) is 0 Å². The lowest BCUT2D eigenvalue weighted by atomic mass is 9.98. The Morgan fingerprint density at radius 3 is 2.58 bits per heavy atom. The van der Waals surface area contributed by atoms with Crippen LogP contribution in [-0.2, 0) is 25.7 Å². The van der Waals surface area contributed by atoms with Crippen LogP contribution < -0.4 is 0 Å². The second kappa shape index (κ2) is 6.19. The molecule has 9 heteroatoms. The van der Waals surface area contributed by atoms with Gasteiger partial charge in [0.15, 0.2) is 11.8 Å². The maximum Gasteiger partial charge on any atom is 0.355 e. The number of hydrogen-bond donors (Lipinski definition) is 0. The summed E-state index contributed by atoms with van der Waals surface area (Å²) >= 11 is 0. The number of imide groups is 1. The molecule has 0 aromatic heterocycles. The smallest absolute Gasteiger partial charge is 0.355 e. The monoisotopic (exact) mass is 330 g/mol. The molecule has 2 aliphatic heterocycles. The minimum absolute atomic E-state index is 0.0499. The molecule has 0 bridgehead atoms. The van der Waals surface area contributed by atoms with E-state index in [1.165, 1.54) is 0 Å². The molecule has 9 nitrogen and oxygen atoms in total. The SMILES string of the molecule is CCOC(=O)C1=NN(N=O)[C@@H]2C(=O)N(Cc3ccccc3)C(=O)[C@H]12. The van der Waals surface area contributed by atoms with Gasteiger partial charge in [-0.1, -0.05) is 30.3 Å². The third-order valence-corrected chi connectivity index (χ3v) is 3.87. The van der Waals surface area contributed by atoms with Crippen LogP contribution in [0.25, 0.3) is 0 Å². The highest BCUT2D eigenvalue weighted by atomic mass is 16.5. The number of carbonyl (C=O) groups is 3.